The number of halogens is 2. The summed E-state index contributed by atoms with van der Waals surface area (Å²) in [5, 5.41) is 5.89. The third kappa shape index (κ3) is 3.42. The van der Waals surface area contributed by atoms with Crippen molar-refractivity contribution in [2.24, 2.45) is 0 Å². The van der Waals surface area contributed by atoms with Crippen molar-refractivity contribution in [3.63, 3.8) is 0 Å². The average molecular weight is 422 g/mol. The van der Waals surface area contributed by atoms with Gasteiger partial charge in [-0.25, -0.2) is 9.67 Å². The number of hydrogen-bond donors (Lipinski definition) is 1. The summed E-state index contributed by atoms with van der Waals surface area (Å²) in [7, 11) is 0. The summed E-state index contributed by atoms with van der Waals surface area (Å²) >= 11 is 12.2. The fraction of sp³-hybridized carbons (Fsp3) is 0.444. The topological polar surface area (TPSA) is 82.9 Å². The molecular weight excluding hydrogens is 401 g/mol. The molecule has 0 spiro atoms. The summed E-state index contributed by atoms with van der Waals surface area (Å²) in [6.07, 6.45) is 3.16. The van der Waals surface area contributed by atoms with E-state index in [0.717, 1.165) is 0 Å². The Hall–Kier alpha value is -2.32. The Morgan fingerprint density at radius 1 is 1.07 bits per heavy atom. The molecule has 0 saturated carbocycles. The molecule has 10 heteroatoms. The third-order valence-corrected chi connectivity index (χ3v) is 5.21. The van der Waals surface area contributed by atoms with Crippen LogP contribution in [-0.4, -0.2) is 50.9 Å². The van der Waals surface area contributed by atoms with Crippen LogP contribution >= 0.6 is 23.2 Å². The van der Waals surface area contributed by atoms with Gasteiger partial charge in [0.1, 0.15) is 11.2 Å². The first kappa shape index (κ1) is 19.0. The van der Waals surface area contributed by atoms with E-state index in [0.29, 0.717) is 59.0 Å². The summed E-state index contributed by atoms with van der Waals surface area (Å²) in [6, 6.07) is 1.69. The van der Waals surface area contributed by atoms with Gasteiger partial charge in [0.25, 0.3) is 5.56 Å². The van der Waals surface area contributed by atoms with Crippen molar-refractivity contribution in [3.8, 4) is 0 Å². The number of nitrogens with zero attached hydrogens (tertiary/aromatic N) is 6. The second kappa shape index (κ2) is 6.93. The Balaban J connectivity index is 1.59. The second-order valence-electron chi connectivity index (χ2n) is 7.79. The molecule has 0 unspecified atom stereocenters. The molecule has 4 rings (SSSR count). The van der Waals surface area contributed by atoms with Gasteiger partial charge in [-0.15, -0.1) is 0 Å². The second-order valence-corrected chi connectivity index (χ2v) is 8.63. The highest BCUT2D eigenvalue weighted by Gasteiger charge is 2.24. The highest BCUT2D eigenvalue weighted by molar-refractivity contribution is 6.36. The fourth-order valence-corrected chi connectivity index (χ4v) is 3.82. The zero-order chi connectivity index (χ0) is 20.1. The first-order valence-corrected chi connectivity index (χ1v) is 9.79. The van der Waals surface area contributed by atoms with Crippen molar-refractivity contribution in [1.29, 1.82) is 0 Å². The van der Waals surface area contributed by atoms with Crippen molar-refractivity contribution >= 4 is 46.0 Å². The molecule has 0 radical (unpaired) electrons. The van der Waals surface area contributed by atoms with Crippen molar-refractivity contribution in [1.82, 2.24) is 24.7 Å². The molecule has 8 nitrogen and oxygen atoms in total. The third-order valence-electron chi connectivity index (χ3n) is 4.73. The minimum absolute atomic E-state index is 0.180. The molecule has 1 aliphatic rings. The molecule has 0 atom stereocenters. The van der Waals surface area contributed by atoms with E-state index in [1.807, 2.05) is 20.8 Å². The minimum atomic E-state index is -0.268. The molecule has 3 aromatic heterocycles. The first-order chi connectivity index (χ1) is 13.2. The molecule has 0 bridgehead atoms. The van der Waals surface area contributed by atoms with Crippen molar-refractivity contribution in [2.75, 3.05) is 36.0 Å². The van der Waals surface area contributed by atoms with Crippen LogP contribution in [0.1, 0.15) is 20.8 Å². The number of fused-ring (bicyclic) bond motifs is 1. The molecule has 148 valence electrons. The quantitative estimate of drug-likeness (QED) is 0.684. The minimum Gasteiger partial charge on any atom is -0.352 e. The summed E-state index contributed by atoms with van der Waals surface area (Å²) in [4.78, 5) is 28.6. The lowest BCUT2D eigenvalue weighted by Gasteiger charge is -2.36. The number of piperazine rings is 1. The summed E-state index contributed by atoms with van der Waals surface area (Å²) < 4.78 is 1.79. The van der Waals surface area contributed by atoms with Gasteiger partial charge < -0.3 is 9.80 Å². The number of pyridine rings is 1. The smallest absolute Gasteiger partial charge is 0.263 e. The molecule has 1 fully saturated rings. The predicted octanol–water partition coefficient (Wildman–Crippen LogP) is 2.90. The molecule has 1 N–H and O–H groups in total. The fourth-order valence-electron chi connectivity index (χ4n) is 3.32. The monoisotopic (exact) mass is 421 g/mol. The number of nitrogens with one attached hydrogen (secondary N) is 1. The Kier molecular flexibility index (Phi) is 4.71. The number of aromatic nitrogens is 5. The van der Waals surface area contributed by atoms with E-state index in [1.165, 1.54) is 0 Å². The van der Waals surface area contributed by atoms with E-state index in [9.17, 15) is 4.79 Å². The van der Waals surface area contributed by atoms with Crippen LogP contribution < -0.4 is 15.4 Å². The maximum absolute atomic E-state index is 12.5. The van der Waals surface area contributed by atoms with Crippen LogP contribution in [-0.2, 0) is 5.54 Å². The van der Waals surface area contributed by atoms with E-state index in [2.05, 4.69) is 24.9 Å². The van der Waals surface area contributed by atoms with Gasteiger partial charge in [0.2, 0.25) is 5.95 Å². The molecule has 4 heterocycles. The molecule has 0 amide bonds. The number of hydrogen-bond acceptors (Lipinski definition) is 6. The highest BCUT2D eigenvalue weighted by atomic mass is 35.5. The van der Waals surface area contributed by atoms with Crippen LogP contribution in [0.15, 0.2) is 23.3 Å². The molecule has 1 aliphatic heterocycles. The SMILES string of the molecule is CC(C)(C)n1ncc2c(=O)[nH]c(N3CCN(c4ncc(Cl)cc4Cl)CC3)nc21. The zero-order valence-corrected chi connectivity index (χ0v) is 17.4. The molecule has 28 heavy (non-hydrogen) atoms. The van der Waals surface area contributed by atoms with Gasteiger partial charge in [0.15, 0.2) is 5.65 Å². The molecule has 0 aromatic carbocycles. The number of H-pyrrole nitrogens is 1. The normalized spacial score (nSPS) is 15.5. The summed E-state index contributed by atoms with van der Waals surface area (Å²) in [6.45, 7) is 8.86. The van der Waals surface area contributed by atoms with Crippen LogP contribution in [0.4, 0.5) is 11.8 Å². The molecular formula is C18H21Cl2N7O. The molecule has 3 aromatic rings. The van der Waals surface area contributed by atoms with Gasteiger partial charge in [-0.2, -0.15) is 10.1 Å². The summed E-state index contributed by atoms with van der Waals surface area (Å²) in [5.74, 6) is 1.27. The van der Waals surface area contributed by atoms with E-state index in [4.69, 9.17) is 28.2 Å². The van der Waals surface area contributed by atoms with E-state index in [-0.39, 0.29) is 11.1 Å². The largest absolute Gasteiger partial charge is 0.352 e. The lowest BCUT2D eigenvalue weighted by atomic mass is 10.1. The van der Waals surface area contributed by atoms with Crippen molar-refractivity contribution in [3.05, 3.63) is 38.9 Å². The standard InChI is InChI=1S/C18H21Cl2N7O/c1-18(2,3)27-14-12(10-22-27)16(28)24-17(23-14)26-6-4-25(5-7-26)15-13(20)8-11(19)9-21-15/h8-10H,4-7H2,1-3H3,(H,23,24,28). The average Bonchev–Trinajstić information content (AvgIpc) is 3.07. The van der Waals surface area contributed by atoms with Gasteiger partial charge in [-0.05, 0) is 26.8 Å². The van der Waals surface area contributed by atoms with Gasteiger partial charge >= 0.3 is 0 Å². The zero-order valence-electron chi connectivity index (χ0n) is 15.9. The summed E-state index contributed by atoms with van der Waals surface area (Å²) in [5.41, 5.74) is 0.145. The highest BCUT2D eigenvalue weighted by Crippen LogP contribution is 2.27. The lowest BCUT2D eigenvalue weighted by molar-refractivity contribution is 0.366. The van der Waals surface area contributed by atoms with Crippen LogP contribution in [0.25, 0.3) is 11.0 Å². The lowest BCUT2D eigenvalue weighted by Crippen LogP contribution is -2.48. The van der Waals surface area contributed by atoms with Crippen molar-refractivity contribution < 1.29 is 0 Å². The van der Waals surface area contributed by atoms with Gasteiger partial charge in [0.05, 0.1) is 21.8 Å². The van der Waals surface area contributed by atoms with E-state index < -0.39 is 0 Å². The van der Waals surface area contributed by atoms with Crippen LogP contribution in [0.3, 0.4) is 0 Å². The maximum atomic E-state index is 12.5. The molecule has 1 saturated heterocycles. The Bertz CT molecular complexity index is 1080. The van der Waals surface area contributed by atoms with E-state index in [1.54, 1.807) is 23.1 Å². The maximum Gasteiger partial charge on any atom is 0.263 e. The Labute approximate surface area is 172 Å². The van der Waals surface area contributed by atoms with Gasteiger partial charge in [-0.1, -0.05) is 23.2 Å². The van der Waals surface area contributed by atoms with Crippen molar-refractivity contribution in [2.45, 2.75) is 26.3 Å². The van der Waals surface area contributed by atoms with Crippen LogP contribution in [0.5, 0.6) is 0 Å². The Morgan fingerprint density at radius 3 is 2.39 bits per heavy atom. The van der Waals surface area contributed by atoms with Crippen LogP contribution in [0, 0.1) is 0 Å². The molecule has 0 aliphatic carbocycles. The number of anilines is 2. The Morgan fingerprint density at radius 2 is 1.75 bits per heavy atom. The van der Waals surface area contributed by atoms with Gasteiger partial charge in [-0.3, -0.25) is 9.78 Å². The van der Waals surface area contributed by atoms with Gasteiger partial charge in [0, 0.05) is 32.4 Å². The number of aromatic amines is 1. The number of rotatable bonds is 2. The first-order valence-electron chi connectivity index (χ1n) is 9.03. The van der Waals surface area contributed by atoms with E-state index >= 15 is 0 Å². The predicted molar refractivity (Wildman–Crippen MR) is 112 cm³/mol. The van der Waals surface area contributed by atoms with Crippen LogP contribution in [0.2, 0.25) is 10.0 Å².